The van der Waals surface area contributed by atoms with Gasteiger partial charge < -0.3 is 9.47 Å². The minimum absolute atomic E-state index is 0.235. The Morgan fingerprint density at radius 3 is 2.65 bits per heavy atom. The molecule has 0 saturated carbocycles. The topological polar surface area (TPSA) is 60.5 Å². The minimum Gasteiger partial charge on any atom is -0.497 e. The van der Waals surface area contributed by atoms with Gasteiger partial charge in [0, 0.05) is 16.0 Å². The molecule has 0 aliphatic heterocycles. The van der Waals surface area contributed by atoms with Gasteiger partial charge in [-0.15, -0.1) is 11.3 Å². The van der Waals surface area contributed by atoms with Crippen molar-refractivity contribution in [3.63, 3.8) is 0 Å². The lowest BCUT2D eigenvalue weighted by atomic mass is 10.1. The van der Waals surface area contributed by atoms with E-state index in [9.17, 15) is 9.18 Å². The van der Waals surface area contributed by atoms with Crippen molar-refractivity contribution in [3.8, 4) is 22.8 Å². The van der Waals surface area contributed by atoms with Gasteiger partial charge in [-0.2, -0.15) is 0 Å². The van der Waals surface area contributed by atoms with Crippen LogP contribution in [0.1, 0.15) is 15.2 Å². The van der Waals surface area contributed by atoms with Gasteiger partial charge in [0.1, 0.15) is 17.3 Å². The first kappa shape index (κ1) is 17.9. The van der Waals surface area contributed by atoms with Gasteiger partial charge in [0.05, 0.1) is 19.9 Å². The summed E-state index contributed by atoms with van der Waals surface area (Å²) in [6.45, 7) is 1.91. The van der Waals surface area contributed by atoms with Crippen LogP contribution < -0.4 is 14.8 Å². The number of thiazole rings is 1. The molecule has 2 aromatic carbocycles. The molecular formula is C19H17FN2O3S. The standard InChI is InChI=1S/C19H17FN2O3S/c1-11-17(15-10-14(24-2)7-8-16(15)25-3)21-19(26-11)22-18(23)12-5-4-6-13(20)9-12/h4-10H,1-3H3,(H,21,22,23). The van der Waals surface area contributed by atoms with Crippen molar-refractivity contribution in [2.45, 2.75) is 6.92 Å². The second kappa shape index (κ2) is 7.53. The zero-order valence-electron chi connectivity index (χ0n) is 14.5. The lowest BCUT2D eigenvalue weighted by Crippen LogP contribution is -2.11. The van der Waals surface area contributed by atoms with E-state index in [1.807, 2.05) is 13.0 Å². The molecule has 1 aromatic heterocycles. The number of halogens is 1. The van der Waals surface area contributed by atoms with Gasteiger partial charge in [-0.3, -0.25) is 10.1 Å². The number of methoxy groups -OCH3 is 2. The molecule has 0 saturated heterocycles. The highest BCUT2D eigenvalue weighted by molar-refractivity contribution is 7.16. The highest BCUT2D eigenvalue weighted by Crippen LogP contribution is 2.38. The molecule has 3 aromatic rings. The maximum Gasteiger partial charge on any atom is 0.257 e. The zero-order chi connectivity index (χ0) is 18.7. The molecule has 1 heterocycles. The van der Waals surface area contributed by atoms with Gasteiger partial charge >= 0.3 is 0 Å². The molecule has 0 bridgehead atoms. The molecule has 0 spiro atoms. The van der Waals surface area contributed by atoms with Gasteiger partial charge in [-0.05, 0) is 43.3 Å². The van der Waals surface area contributed by atoms with Crippen LogP contribution in [-0.4, -0.2) is 25.1 Å². The summed E-state index contributed by atoms with van der Waals surface area (Å²) >= 11 is 1.34. The predicted molar refractivity (Wildman–Crippen MR) is 99.7 cm³/mol. The number of ether oxygens (including phenoxy) is 2. The van der Waals surface area contributed by atoms with Crippen molar-refractivity contribution in [2.24, 2.45) is 0 Å². The Hall–Kier alpha value is -2.93. The first-order chi connectivity index (χ1) is 12.5. The highest BCUT2D eigenvalue weighted by atomic mass is 32.1. The summed E-state index contributed by atoms with van der Waals surface area (Å²) in [6, 6.07) is 10.9. The molecule has 0 unspecified atom stereocenters. The van der Waals surface area contributed by atoms with E-state index in [1.165, 1.54) is 29.5 Å². The Labute approximate surface area is 154 Å². The SMILES string of the molecule is COc1ccc(OC)c(-c2nc(NC(=O)c3cccc(F)c3)sc2C)c1. The fourth-order valence-electron chi connectivity index (χ4n) is 2.50. The molecule has 7 heteroatoms. The first-order valence-electron chi connectivity index (χ1n) is 7.78. The largest absolute Gasteiger partial charge is 0.497 e. The third kappa shape index (κ3) is 3.67. The molecule has 3 rings (SSSR count). The van der Waals surface area contributed by atoms with Crippen LogP contribution in [0.15, 0.2) is 42.5 Å². The summed E-state index contributed by atoms with van der Waals surface area (Å²) < 4.78 is 24.0. The van der Waals surface area contributed by atoms with E-state index in [-0.39, 0.29) is 5.56 Å². The molecule has 0 aliphatic rings. The monoisotopic (exact) mass is 372 g/mol. The van der Waals surface area contributed by atoms with Crippen LogP contribution in [0.2, 0.25) is 0 Å². The molecule has 134 valence electrons. The van der Waals surface area contributed by atoms with Crippen molar-refractivity contribution in [1.29, 1.82) is 0 Å². The summed E-state index contributed by atoms with van der Waals surface area (Å²) in [5.74, 6) is 0.456. The van der Waals surface area contributed by atoms with Crippen LogP contribution in [0.4, 0.5) is 9.52 Å². The molecule has 0 fully saturated rings. The quantitative estimate of drug-likeness (QED) is 0.715. The highest BCUT2D eigenvalue weighted by Gasteiger charge is 2.17. The maximum absolute atomic E-state index is 13.3. The number of amides is 1. The van der Waals surface area contributed by atoms with E-state index >= 15 is 0 Å². The number of anilines is 1. The number of hydrogen-bond donors (Lipinski definition) is 1. The van der Waals surface area contributed by atoms with Crippen LogP contribution in [0, 0.1) is 12.7 Å². The molecule has 5 nitrogen and oxygen atoms in total. The average Bonchev–Trinajstić information content (AvgIpc) is 3.01. The van der Waals surface area contributed by atoms with E-state index < -0.39 is 11.7 Å². The number of aryl methyl sites for hydroxylation is 1. The second-order valence-corrected chi connectivity index (χ2v) is 6.66. The van der Waals surface area contributed by atoms with Gasteiger partial charge in [0.25, 0.3) is 5.91 Å². The number of carbonyl (C=O) groups is 1. The average molecular weight is 372 g/mol. The number of aromatic nitrogens is 1. The van der Waals surface area contributed by atoms with Gasteiger partial charge in [0.2, 0.25) is 0 Å². The number of nitrogens with zero attached hydrogens (tertiary/aromatic N) is 1. The number of nitrogens with one attached hydrogen (secondary N) is 1. The fourth-order valence-corrected chi connectivity index (χ4v) is 3.32. The first-order valence-corrected chi connectivity index (χ1v) is 8.60. The van der Waals surface area contributed by atoms with Crippen LogP contribution in [-0.2, 0) is 0 Å². The van der Waals surface area contributed by atoms with Gasteiger partial charge in [-0.25, -0.2) is 9.37 Å². The zero-order valence-corrected chi connectivity index (χ0v) is 15.3. The van der Waals surface area contributed by atoms with E-state index in [1.54, 1.807) is 32.4 Å². The number of carbonyl (C=O) groups excluding carboxylic acids is 1. The van der Waals surface area contributed by atoms with E-state index in [0.29, 0.717) is 22.3 Å². The van der Waals surface area contributed by atoms with E-state index in [4.69, 9.17) is 9.47 Å². The number of hydrogen-bond acceptors (Lipinski definition) is 5. The van der Waals surface area contributed by atoms with Crippen LogP contribution in [0.3, 0.4) is 0 Å². The Kier molecular flexibility index (Phi) is 5.18. The lowest BCUT2D eigenvalue weighted by molar-refractivity contribution is 0.102. The van der Waals surface area contributed by atoms with Crippen LogP contribution in [0.25, 0.3) is 11.3 Å². The number of rotatable bonds is 5. The summed E-state index contributed by atoms with van der Waals surface area (Å²) in [6.07, 6.45) is 0. The van der Waals surface area contributed by atoms with E-state index in [0.717, 1.165) is 10.4 Å². The molecule has 26 heavy (non-hydrogen) atoms. The molecule has 0 atom stereocenters. The summed E-state index contributed by atoms with van der Waals surface area (Å²) in [5, 5.41) is 3.14. The van der Waals surface area contributed by atoms with Crippen LogP contribution in [0.5, 0.6) is 11.5 Å². The smallest absolute Gasteiger partial charge is 0.257 e. The molecule has 0 radical (unpaired) electrons. The fraction of sp³-hybridized carbons (Fsp3) is 0.158. The lowest BCUT2D eigenvalue weighted by Gasteiger charge is -2.09. The third-order valence-electron chi connectivity index (χ3n) is 3.77. The second-order valence-electron chi connectivity index (χ2n) is 5.45. The van der Waals surface area contributed by atoms with Crippen molar-refractivity contribution in [1.82, 2.24) is 4.98 Å². The Morgan fingerprint density at radius 2 is 1.96 bits per heavy atom. The molecule has 1 amide bonds. The summed E-state index contributed by atoms with van der Waals surface area (Å²) in [5.41, 5.74) is 1.70. The Morgan fingerprint density at radius 1 is 1.15 bits per heavy atom. The molecule has 0 aliphatic carbocycles. The summed E-state index contributed by atoms with van der Waals surface area (Å²) in [4.78, 5) is 17.7. The molecule has 1 N–H and O–H groups in total. The third-order valence-corrected chi connectivity index (χ3v) is 4.65. The van der Waals surface area contributed by atoms with Gasteiger partial charge in [0.15, 0.2) is 5.13 Å². The van der Waals surface area contributed by atoms with Crippen molar-refractivity contribution in [3.05, 3.63) is 58.7 Å². The summed E-state index contributed by atoms with van der Waals surface area (Å²) in [7, 11) is 3.17. The number of benzene rings is 2. The van der Waals surface area contributed by atoms with E-state index in [2.05, 4.69) is 10.3 Å². The minimum atomic E-state index is -0.463. The van der Waals surface area contributed by atoms with Crippen molar-refractivity contribution >= 4 is 22.4 Å². The normalized spacial score (nSPS) is 10.5. The molecular weight excluding hydrogens is 355 g/mol. The Bertz CT molecular complexity index is 956. The maximum atomic E-state index is 13.3. The van der Waals surface area contributed by atoms with Crippen molar-refractivity contribution < 1.29 is 18.7 Å². The Balaban J connectivity index is 1.91. The van der Waals surface area contributed by atoms with Crippen LogP contribution >= 0.6 is 11.3 Å². The predicted octanol–water partition coefficient (Wildman–Crippen LogP) is 4.53. The van der Waals surface area contributed by atoms with Gasteiger partial charge in [-0.1, -0.05) is 6.07 Å². The van der Waals surface area contributed by atoms with Crippen molar-refractivity contribution in [2.75, 3.05) is 19.5 Å².